The van der Waals surface area contributed by atoms with E-state index in [4.69, 9.17) is 4.74 Å². The Bertz CT molecular complexity index is 1120. The second-order valence-corrected chi connectivity index (χ2v) is 7.88. The molecule has 0 saturated heterocycles. The van der Waals surface area contributed by atoms with Gasteiger partial charge in [0.15, 0.2) is 6.61 Å². The molecule has 0 bridgehead atoms. The normalized spacial score (nSPS) is 15.3. The fourth-order valence-electron chi connectivity index (χ4n) is 4.31. The number of hydrogen-bond donors (Lipinski definition) is 1. The number of halogens is 1. The van der Waals surface area contributed by atoms with E-state index in [1.807, 2.05) is 29.7 Å². The quantitative estimate of drug-likeness (QED) is 0.615. The van der Waals surface area contributed by atoms with E-state index in [-0.39, 0.29) is 24.4 Å². The Kier molecular flexibility index (Phi) is 5.89. The van der Waals surface area contributed by atoms with Gasteiger partial charge in [-0.05, 0) is 74.6 Å². The number of esters is 1. The highest BCUT2D eigenvalue weighted by atomic mass is 19.1. The van der Waals surface area contributed by atoms with Gasteiger partial charge in [0.2, 0.25) is 0 Å². The monoisotopic (exact) mass is 420 g/mol. The summed E-state index contributed by atoms with van der Waals surface area (Å²) in [5, 5.41) is 2.99. The maximum absolute atomic E-state index is 13.2. The van der Waals surface area contributed by atoms with Crippen molar-refractivity contribution >= 4 is 11.9 Å². The van der Waals surface area contributed by atoms with E-state index in [1.165, 1.54) is 17.7 Å². The lowest BCUT2D eigenvalue weighted by Crippen LogP contribution is -2.34. The number of carbonyl (C=O) groups excluding carboxylic acids is 2. The number of nitrogens with one attached hydrogen (secondary N) is 1. The van der Waals surface area contributed by atoms with Crippen LogP contribution in [0, 0.1) is 19.7 Å². The van der Waals surface area contributed by atoms with Crippen LogP contribution >= 0.6 is 0 Å². The van der Waals surface area contributed by atoms with Crippen LogP contribution in [0.3, 0.4) is 0 Å². The summed E-state index contributed by atoms with van der Waals surface area (Å²) in [5.41, 5.74) is 5.03. The van der Waals surface area contributed by atoms with Crippen LogP contribution in [0.1, 0.15) is 51.8 Å². The summed E-state index contributed by atoms with van der Waals surface area (Å²) in [6.45, 7) is 3.32. The van der Waals surface area contributed by atoms with E-state index in [0.29, 0.717) is 11.3 Å². The average molecular weight is 420 g/mol. The summed E-state index contributed by atoms with van der Waals surface area (Å²) in [5.74, 6) is -1.19. The van der Waals surface area contributed by atoms with E-state index in [0.717, 1.165) is 36.2 Å². The molecule has 1 aliphatic carbocycles. The maximum atomic E-state index is 13.2. The molecular formula is C25H25FN2O3. The molecule has 1 aliphatic rings. The van der Waals surface area contributed by atoms with Crippen molar-refractivity contribution in [1.29, 1.82) is 0 Å². The van der Waals surface area contributed by atoms with Gasteiger partial charge in [-0.1, -0.05) is 24.3 Å². The Morgan fingerprint density at radius 1 is 1.13 bits per heavy atom. The first-order valence-electron chi connectivity index (χ1n) is 10.4. The molecule has 3 aromatic rings. The lowest BCUT2D eigenvalue weighted by atomic mass is 9.88. The number of benzene rings is 2. The van der Waals surface area contributed by atoms with Crippen LogP contribution in [-0.2, 0) is 16.0 Å². The Balaban J connectivity index is 1.41. The van der Waals surface area contributed by atoms with Gasteiger partial charge in [-0.25, -0.2) is 9.18 Å². The zero-order valence-electron chi connectivity index (χ0n) is 17.7. The Morgan fingerprint density at radius 3 is 2.65 bits per heavy atom. The summed E-state index contributed by atoms with van der Waals surface area (Å²) >= 11 is 0. The van der Waals surface area contributed by atoms with Crippen molar-refractivity contribution in [1.82, 2.24) is 9.88 Å². The Hall–Kier alpha value is -3.41. The topological polar surface area (TPSA) is 60.3 Å². The van der Waals surface area contributed by atoms with Crippen molar-refractivity contribution in [2.45, 2.75) is 39.2 Å². The number of nitrogens with zero attached hydrogens (tertiary/aromatic N) is 1. The third-order valence-corrected chi connectivity index (χ3v) is 5.77. The average Bonchev–Trinajstić information content (AvgIpc) is 3.07. The van der Waals surface area contributed by atoms with Gasteiger partial charge in [0, 0.05) is 17.1 Å². The Morgan fingerprint density at radius 2 is 1.87 bits per heavy atom. The standard InChI is InChI=1S/C25H25FN2O3/c1-16-14-22(17(2)28(16)20-12-10-19(26)11-13-20)25(30)31-15-24(29)27-23-9-5-7-18-6-3-4-8-21(18)23/h3-4,6,8,10-14,23H,5,7,9,15H2,1-2H3,(H,27,29)/t23-/m0/s1. The molecule has 5 nitrogen and oxygen atoms in total. The van der Waals surface area contributed by atoms with Crippen molar-refractivity contribution in [2.75, 3.05) is 6.61 Å². The second-order valence-electron chi connectivity index (χ2n) is 7.88. The molecule has 31 heavy (non-hydrogen) atoms. The Labute approximate surface area is 180 Å². The zero-order valence-corrected chi connectivity index (χ0v) is 17.7. The molecule has 1 amide bonds. The van der Waals surface area contributed by atoms with Crippen molar-refractivity contribution < 1.29 is 18.7 Å². The van der Waals surface area contributed by atoms with Crippen LogP contribution in [-0.4, -0.2) is 23.1 Å². The summed E-state index contributed by atoms with van der Waals surface area (Å²) in [6, 6.07) is 15.8. The lowest BCUT2D eigenvalue weighted by molar-refractivity contribution is -0.125. The van der Waals surface area contributed by atoms with Crippen molar-refractivity contribution in [3.63, 3.8) is 0 Å². The SMILES string of the molecule is Cc1cc(C(=O)OCC(=O)N[C@H]2CCCc3ccccc32)c(C)n1-c1ccc(F)cc1. The maximum Gasteiger partial charge on any atom is 0.340 e. The molecule has 1 heterocycles. The van der Waals surface area contributed by atoms with Crippen LogP contribution < -0.4 is 5.32 Å². The molecule has 1 N–H and O–H groups in total. The first kappa shape index (κ1) is 20.8. The molecule has 1 atom stereocenters. The van der Waals surface area contributed by atoms with Gasteiger partial charge in [0.05, 0.1) is 11.6 Å². The molecule has 0 unspecified atom stereocenters. The van der Waals surface area contributed by atoms with E-state index in [9.17, 15) is 14.0 Å². The second kappa shape index (κ2) is 8.76. The highest BCUT2D eigenvalue weighted by Gasteiger charge is 2.23. The third kappa shape index (κ3) is 4.38. The zero-order chi connectivity index (χ0) is 22.0. The van der Waals surface area contributed by atoms with E-state index in [1.54, 1.807) is 25.1 Å². The van der Waals surface area contributed by atoms with E-state index >= 15 is 0 Å². The van der Waals surface area contributed by atoms with Crippen LogP contribution in [0.4, 0.5) is 4.39 Å². The molecule has 4 rings (SSSR count). The van der Waals surface area contributed by atoms with Crippen LogP contribution in [0.15, 0.2) is 54.6 Å². The predicted molar refractivity (Wildman–Crippen MR) is 116 cm³/mol. The number of aromatic nitrogens is 1. The van der Waals surface area contributed by atoms with Gasteiger partial charge >= 0.3 is 5.97 Å². The van der Waals surface area contributed by atoms with Crippen molar-refractivity contribution in [3.8, 4) is 5.69 Å². The number of ether oxygens (including phenoxy) is 1. The van der Waals surface area contributed by atoms with Crippen molar-refractivity contribution in [2.24, 2.45) is 0 Å². The first-order chi connectivity index (χ1) is 14.9. The van der Waals surface area contributed by atoms with Gasteiger partial charge in [0.1, 0.15) is 5.82 Å². The van der Waals surface area contributed by atoms with Gasteiger partial charge in [0.25, 0.3) is 5.91 Å². The molecule has 1 aromatic heterocycles. The largest absolute Gasteiger partial charge is 0.452 e. The lowest BCUT2D eigenvalue weighted by Gasteiger charge is -2.26. The number of carbonyl (C=O) groups is 2. The number of amides is 1. The fourth-order valence-corrected chi connectivity index (χ4v) is 4.31. The molecule has 0 radical (unpaired) electrons. The molecule has 0 fully saturated rings. The highest BCUT2D eigenvalue weighted by Crippen LogP contribution is 2.29. The summed E-state index contributed by atoms with van der Waals surface area (Å²) in [4.78, 5) is 25.1. The highest BCUT2D eigenvalue weighted by molar-refractivity contribution is 5.93. The fraction of sp³-hybridized carbons (Fsp3) is 0.280. The van der Waals surface area contributed by atoms with Crippen LogP contribution in [0.25, 0.3) is 5.69 Å². The van der Waals surface area contributed by atoms with E-state index < -0.39 is 5.97 Å². The first-order valence-corrected chi connectivity index (χ1v) is 10.4. The molecule has 160 valence electrons. The number of aryl methyl sites for hydroxylation is 2. The number of rotatable bonds is 5. The molecule has 0 saturated carbocycles. The minimum Gasteiger partial charge on any atom is -0.452 e. The number of fused-ring (bicyclic) bond motifs is 1. The van der Waals surface area contributed by atoms with E-state index in [2.05, 4.69) is 11.4 Å². The van der Waals surface area contributed by atoms with Gasteiger partial charge in [-0.3, -0.25) is 4.79 Å². The van der Waals surface area contributed by atoms with Crippen LogP contribution in [0.2, 0.25) is 0 Å². The van der Waals surface area contributed by atoms with Gasteiger partial charge in [-0.15, -0.1) is 0 Å². The summed E-state index contributed by atoms with van der Waals surface area (Å²) in [7, 11) is 0. The number of hydrogen-bond acceptors (Lipinski definition) is 3. The van der Waals surface area contributed by atoms with Gasteiger partial charge < -0.3 is 14.6 Å². The smallest absolute Gasteiger partial charge is 0.340 e. The molecule has 6 heteroatoms. The van der Waals surface area contributed by atoms with Gasteiger partial charge in [-0.2, -0.15) is 0 Å². The molecule has 2 aromatic carbocycles. The summed E-state index contributed by atoms with van der Waals surface area (Å²) < 4.78 is 20.4. The molecule has 0 aliphatic heterocycles. The molecular weight excluding hydrogens is 395 g/mol. The minimum absolute atomic E-state index is 0.0558. The van der Waals surface area contributed by atoms with Crippen molar-refractivity contribution in [3.05, 3.63) is 88.5 Å². The third-order valence-electron chi connectivity index (χ3n) is 5.77. The van der Waals surface area contributed by atoms with Crippen LogP contribution in [0.5, 0.6) is 0 Å². The summed E-state index contributed by atoms with van der Waals surface area (Å²) in [6.07, 6.45) is 2.90. The predicted octanol–water partition coefficient (Wildman–Crippen LogP) is 4.58. The molecule has 0 spiro atoms. The minimum atomic E-state index is -0.555.